The Hall–Kier alpha value is -2.01. The number of hydrogen-bond donors (Lipinski definition) is 4. The van der Waals surface area contributed by atoms with Gasteiger partial charge in [-0.1, -0.05) is 4.98 Å². The summed E-state index contributed by atoms with van der Waals surface area (Å²) >= 11 is 0. The summed E-state index contributed by atoms with van der Waals surface area (Å²) in [6.45, 7) is -0.440. The van der Waals surface area contributed by atoms with Gasteiger partial charge in [-0.15, -0.1) is 0 Å². The first-order valence-electron chi connectivity index (χ1n) is 6.27. The number of rotatable bonds is 2. The van der Waals surface area contributed by atoms with E-state index in [-0.39, 0.29) is 17.1 Å². The second-order valence-electron chi connectivity index (χ2n) is 4.92. The topological polar surface area (TPSA) is 154 Å². The maximum Gasteiger partial charge on any atom is 0.309 e. The minimum atomic E-state index is -1.27. The van der Waals surface area contributed by atoms with Crippen molar-refractivity contribution in [2.75, 3.05) is 12.3 Å². The Kier molecular flexibility index (Phi) is 3.17. The molecule has 0 radical (unpaired) electrons. The largest absolute Gasteiger partial charge is 0.856 e. The van der Waals surface area contributed by atoms with E-state index in [1.54, 1.807) is 7.05 Å². The minimum Gasteiger partial charge on any atom is -0.856 e. The predicted molar refractivity (Wildman–Crippen MR) is 65.6 cm³/mol. The first-order valence-corrected chi connectivity index (χ1v) is 6.27. The van der Waals surface area contributed by atoms with Gasteiger partial charge in [-0.2, -0.15) is 0 Å². The Morgan fingerprint density at radius 2 is 2.14 bits per heavy atom. The van der Waals surface area contributed by atoms with E-state index in [0.717, 1.165) is 0 Å². The monoisotopic (exact) mass is 297 g/mol. The molecule has 10 heteroatoms. The van der Waals surface area contributed by atoms with Gasteiger partial charge in [0.2, 0.25) is 6.23 Å². The van der Waals surface area contributed by atoms with Crippen LogP contribution in [0, 0.1) is 0 Å². The number of aryl methyl sites for hydroxylation is 1. The molecule has 0 aromatic carbocycles. The molecule has 0 bridgehead atoms. The summed E-state index contributed by atoms with van der Waals surface area (Å²) in [4.78, 5) is 7.54. The molecule has 1 fully saturated rings. The highest BCUT2D eigenvalue weighted by Crippen LogP contribution is 2.27. The maximum absolute atomic E-state index is 11.9. The number of hydrogen-bond acceptors (Lipinski definition) is 8. The van der Waals surface area contributed by atoms with Crippen molar-refractivity contribution in [3.63, 3.8) is 0 Å². The molecule has 0 unspecified atom stereocenters. The Labute approximate surface area is 118 Å². The summed E-state index contributed by atoms with van der Waals surface area (Å²) in [7, 11) is 1.61. The van der Waals surface area contributed by atoms with Crippen LogP contribution in [-0.2, 0) is 11.8 Å². The van der Waals surface area contributed by atoms with Crippen LogP contribution in [0.5, 0.6) is 5.88 Å². The molecule has 10 nitrogen and oxygen atoms in total. The normalized spacial score (nSPS) is 29.3. The fourth-order valence-corrected chi connectivity index (χ4v) is 2.52. The van der Waals surface area contributed by atoms with Crippen molar-refractivity contribution < 1.29 is 29.7 Å². The van der Waals surface area contributed by atoms with Crippen molar-refractivity contribution in [1.82, 2.24) is 14.5 Å². The minimum absolute atomic E-state index is 0.185. The van der Waals surface area contributed by atoms with E-state index in [1.165, 1.54) is 15.5 Å². The van der Waals surface area contributed by atoms with Crippen LogP contribution in [0.4, 0.5) is 5.95 Å². The number of anilines is 1. The molecule has 4 atom stereocenters. The Bertz CT molecular complexity index is 689. The number of ether oxygens (including phenoxy) is 1. The summed E-state index contributed by atoms with van der Waals surface area (Å²) in [5, 5.41) is 40.8. The molecule has 1 saturated heterocycles. The molecule has 21 heavy (non-hydrogen) atoms. The first-order chi connectivity index (χ1) is 9.93. The number of aromatic nitrogens is 4. The van der Waals surface area contributed by atoms with Crippen LogP contribution in [0.2, 0.25) is 0 Å². The van der Waals surface area contributed by atoms with E-state index in [1.807, 2.05) is 0 Å². The molecular weight excluding hydrogens is 282 g/mol. The number of fused-ring (bicyclic) bond motifs is 1. The zero-order chi connectivity index (χ0) is 15.3. The summed E-state index contributed by atoms with van der Waals surface area (Å²) in [5.41, 5.74) is 5.86. The van der Waals surface area contributed by atoms with E-state index < -0.39 is 37.0 Å². The van der Waals surface area contributed by atoms with E-state index in [9.17, 15) is 15.3 Å². The lowest BCUT2D eigenvalue weighted by Gasteiger charge is -2.12. The molecule has 5 N–H and O–H groups in total. The van der Waals surface area contributed by atoms with Gasteiger partial charge in [0.05, 0.1) is 13.7 Å². The average molecular weight is 297 g/mol. The summed E-state index contributed by atoms with van der Waals surface area (Å²) in [6.07, 6.45) is -2.94. The zero-order valence-electron chi connectivity index (χ0n) is 11.1. The number of aliphatic hydroxyl groups is 3. The summed E-state index contributed by atoms with van der Waals surface area (Å²) < 4.78 is 8.28. The zero-order valence-corrected chi connectivity index (χ0v) is 11.1. The van der Waals surface area contributed by atoms with E-state index in [4.69, 9.17) is 15.6 Å². The number of imidazole rings is 1. The Morgan fingerprint density at radius 3 is 2.76 bits per heavy atom. The van der Waals surface area contributed by atoms with Crippen LogP contribution in [0.1, 0.15) is 6.23 Å². The van der Waals surface area contributed by atoms with Crippen LogP contribution in [0.15, 0.2) is 6.33 Å². The van der Waals surface area contributed by atoms with Crippen molar-refractivity contribution in [2.24, 2.45) is 7.05 Å². The second-order valence-corrected chi connectivity index (χ2v) is 4.92. The number of nitrogen functional groups attached to an aromatic ring is 1. The highest BCUT2D eigenvalue weighted by Gasteiger charge is 2.46. The van der Waals surface area contributed by atoms with Gasteiger partial charge in [0, 0.05) is 5.88 Å². The summed E-state index contributed by atoms with van der Waals surface area (Å²) in [6, 6.07) is 0. The highest BCUT2D eigenvalue weighted by molar-refractivity contribution is 5.73. The molecule has 2 aromatic rings. The first kappa shape index (κ1) is 13.9. The highest BCUT2D eigenvalue weighted by atomic mass is 16.6. The maximum atomic E-state index is 11.9. The van der Waals surface area contributed by atoms with Gasteiger partial charge in [-0.3, -0.25) is 4.57 Å². The molecule has 1 aliphatic heterocycles. The van der Waals surface area contributed by atoms with Crippen molar-refractivity contribution in [3.8, 4) is 5.88 Å². The van der Waals surface area contributed by atoms with Gasteiger partial charge >= 0.3 is 5.65 Å². The molecule has 114 valence electrons. The SMILES string of the molecule is Cn1c[n+]([C@@H]2O[C@H](CO)[C@H](O)[C@@H]2O)c2nc(N)nc([O-])c21. The number of nitrogens with two attached hydrogens (primary N) is 1. The van der Waals surface area contributed by atoms with Crippen molar-refractivity contribution in [2.45, 2.75) is 24.5 Å². The van der Waals surface area contributed by atoms with Gasteiger partial charge in [0.25, 0.3) is 5.95 Å². The molecule has 3 rings (SSSR count). The Balaban J connectivity index is 2.13. The van der Waals surface area contributed by atoms with Crippen molar-refractivity contribution in [1.29, 1.82) is 0 Å². The van der Waals surface area contributed by atoms with Crippen LogP contribution in [0.3, 0.4) is 0 Å². The third-order valence-electron chi connectivity index (χ3n) is 3.54. The van der Waals surface area contributed by atoms with E-state index in [2.05, 4.69) is 9.97 Å². The third-order valence-corrected chi connectivity index (χ3v) is 3.54. The van der Waals surface area contributed by atoms with Crippen molar-refractivity contribution >= 4 is 17.1 Å². The van der Waals surface area contributed by atoms with Gasteiger partial charge in [0.15, 0.2) is 11.8 Å². The molecule has 2 aromatic heterocycles. The lowest BCUT2D eigenvalue weighted by Crippen LogP contribution is -2.46. The molecule has 0 amide bonds. The standard InChI is InChI=1S/C11H15N5O5/c1-15-3-16(8-5(15)9(20)14-11(12)13-8)10-7(19)6(18)4(2-17)21-10/h3-4,6-7,10,17-19H,2H2,1H3,(H2-,12,13,14,20)/t4-,6+,7+,10-/m1/s1. The quantitative estimate of drug-likeness (QED) is 0.417. The summed E-state index contributed by atoms with van der Waals surface area (Å²) in [5.74, 6) is -0.746. The van der Waals surface area contributed by atoms with Crippen LogP contribution >= 0.6 is 0 Å². The lowest BCUT2D eigenvalue weighted by atomic mass is 10.1. The van der Waals surface area contributed by atoms with Gasteiger partial charge < -0.3 is 30.9 Å². The molecule has 0 aliphatic carbocycles. The smallest absolute Gasteiger partial charge is 0.309 e. The molecular formula is C11H15N5O5. The predicted octanol–water partition coefficient (Wildman–Crippen LogP) is -3.48. The van der Waals surface area contributed by atoms with Crippen LogP contribution < -0.4 is 15.4 Å². The molecule has 3 heterocycles. The van der Waals surface area contributed by atoms with Crippen LogP contribution in [-0.4, -0.2) is 54.8 Å². The number of nitrogens with zero attached hydrogens (tertiary/aromatic N) is 4. The number of aliphatic hydroxyl groups excluding tert-OH is 3. The van der Waals surface area contributed by atoms with E-state index in [0.29, 0.717) is 0 Å². The van der Waals surface area contributed by atoms with Gasteiger partial charge in [-0.25, -0.2) is 9.55 Å². The van der Waals surface area contributed by atoms with E-state index >= 15 is 0 Å². The van der Waals surface area contributed by atoms with Gasteiger partial charge in [0.1, 0.15) is 18.3 Å². The molecule has 1 aliphatic rings. The fourth-order valence-electron chi connectivity index (χ4n) is 2.52. The average Bonchev–Trinajstić information content (AvgIpc) is 2.89. The van der Waals surface area contributed by atoms with Gasteiger partial charge in [-0.05, 0) is 0 Å². The molecule has 0 spiro atoms. The third kappa shape index (κ3) is 2.00. The molecule has 0 saturated carbocycles. The van der Waals surface area contributed by atoms with Crippen molar-refractivity contribution in [3.05, 3.63) is 6.33 Å². The Morgan fingerprint density at radius 1 is 1.43 bits per heavy atom. The lowest BCUT2D eigenvalue weighted by molar-refractivity contribution is -0.745. The van der Waals surface area contributed by atoms with Crippen LogP contribution in [0.25, 0.3) is 11.2 Å². The fraction of sp³-hybridized carbons (Fsp3) is 0.545. The second kappa shape index (κ2) is 4.77.